The predicted molar refractivity (Wildman–Crippen MR) is 71.3 cm³/mol. The number of nitrogens with one attached hydrogen (secondary N) is 1. The first-order valence-electron chi connectivity index (χ1n) is 5.48. The van der Waals surface area contributed by atoms with Gasteiger partial charge in [-0.25, -0.2) is 0 Å². The molecular formula is C12H18ClN3O. The summed E-state index contributed by atoms with van der Waals surface area (Å²) in [5, 5.41) is 3.27. The largest absolute Gasteiger partial charge is 0.374 e. The second kappa shape index (κ2) is 6.47. The van der Waals surface area contributed by atoms with Crippen molar-refractivity contribution in [1.29, 1.82) is 0 Å². The van der Waals surface area contributed by atoms with Crippen LogP contribution in [0.2, 0.25) is 5.02 Å². The molecule has 3 N–H and O–H groups in total. The normalized spacial score (nSPS) is 10.1. The summed E-state index contributed by atoms with van der Waals surface area (Å²) < 4.78 is 0. The summed E-state index contributed by atoms with van der Waals surface area (Å²) in [7, 11) is 3.57. The quantitative estimate of drug-likeness (QED) is 0.836. The number of hydrogen-bond acceptors (Lipinski definition) is 3. The number of nitrogens with two attached hydrogens (primary N) is 1. The highest BCUT2D eigenvalue weighted by molar-refractivity contribution is 6.30. The van der Waals surface area contributed by atoms with Gasteiger partial charge >= 0.3 is 0 Å². The minimum atomic E-state index is 0.0279. The van der Waals surface area contributed by atoms with Gasteiger partial charge in [0.2, 0.25) is 5.91 Å². The van der Waals surface area contributed by atoms with Gasteiger partial charge in [-0.2, -0.15) is 0 Å². The van der Waals surface area contributed by atoms with Crippen LogP contribution in [0.3, 0.4) is 0 Å². The molecule has 0 aromatic heterocycles. The van der Waals surface area contributed by atoms with Crippen LogP contribution in [0.5, 0.6) is 0 Å². The summed E-state index contributed by atoms with van der Waals surface area (Å²) in [5.41, 5.74) is 7.67. The molecule has 0 unspecified atom stereocenters. The van der Waals surface area contributed by atoms with E-state index in [4.69, 9.17) is 17.3 Å². The van der Waals surface area contributed by atoms with Crippen LogP contribution >= 0.6 is 11.6 Å². The fraction of sp³-hybridized carbons (Fsp3) is 0.417. The monoisotopic (exact) mass is 255 g/mol. The molecule has 1 rings (SSSR count). The molecule has 4 nitrogen and oxygen atoms in total. The van der Waals surface area contributed by atoms with Crippen molar-refractivity contribution in [3.05, 3.63) is 28.8 Å². The highest BCUT2D eigenvalue weighted by atomic mass is 35.5. The molecular weight excluding hydrogens is 238 g/mol. The van der Waals surface area contributed by atoms with E-state index in [2.05, 4.69) is 5.32 Å². The molecule has 1 aromatic rings. The summed E-state index contributed by atoms with van der Waals surface area (Å²) in [6.07, 6.45) is 0.458. The standard InChI is InChI=1S/C12H18ClN3O/c1-15-12(17)5-6-16(2)11-4-3-10(13)7-9(11)8-14/h3-4,7H,5-6,8,14H2,1-2H3,(H,15,17). The van der Waals surface area contributed by atoms with Crippen molar-refractivity contribution in [2.24, 2.45) is 5.73 Å². The number of nitrogens with zero attached hydrogens (tertiary/aromatic N) is 1. The zero-order chi connectivity index (χ0) is 12.8. The van der Waals surface area contributed by atoms with Crippen molar-refractivity contribution >= 4 is 23.2 Å². The molecule has 0 aliphatic rings. The fourth-order valence-corrected chi connectivity index (χ4v) is 1.80. The Hall–Kier alpha value is -1.26. The third kappa shape index (κ3) is 3.91. The Bertz CT molecular complexity index is 395. The number of rotatable bonds is 5. The topological polar surface area (TPSA) is 58.4 Å². The molecule has 0 spiro atoms. The molecule has 1 amide bonds. The lowest BCUT2D eigenvalue weighted by atomic mass is 10.1. The Balaban J connectivity index is 2.74. The number of anilines is 1. The van der Waals surface area contributed by atoms with Gasteiger partial charge in [-0.15, -0.1) is 0 Å². The summed E-state index contributed by atoms with van der Waals surface area (Å²) in [5.74, 6) is 0.0279. The van der Waals surface area contributed by atoms with Gasteiger partial charge in [-0.3, -0.25) is 4.79 Å². The van der Waals surface area contributed by atoms with E-state index in [1.807, 2.05) is 30.1 Å². The summed E-state index contributed by atoms with van der Waals surface area (Å²) in [6.45, 7) is 1.08. The molecule has 0 aliphatic heterocycles. The zero-order valence-corrected chi connectivity index (χ0v) is 10.9. The molecule has 5 heteroatoms. The maximum absolute atomic E-state index is 11.2. The fourth-order valence-electron chi connectivity index (χ4n) is 1.60. The van der Waals surface area contributed by atoms with Crippen LogP contribution < -0.4 is 16.0 Å². The first kappa shape index (κ1) is 13.8. The van der Waals surface area contributed by atoms with Gasteiger partial charge < -0.3 is 16.0 Å². The second-order valence-electron chi connectivity index (χ2n) is 3.82. The Morgan fingerprint density at radius 1 is 1.53 bits per heavy atom. The molecule has 0 fully saturated rings. The van der Waals surface area contributed by atoms with E-state index in [9.17, 15) is 4.79 Å². The van der Waals surface area contributed by atoms with Crippen LogP contribution in [-0.2, 0) is 11.3 Å². The van der Waals surface area contributed by atoms with Gasteiger partial charge in [-0.1, -0.05) is 11.6 Å². The molecule has 0 heterocycles. The number of halogens is 1. The van der Waals surface area contributed by atoms with Crippen molar-refractivity contribution in [3.8, 4) is 0 Å². The van der Waals surface area contributed by atoms with Gasteiger partial charge in [0.15, 0.2) is 0 Å². The molecule has 0 atom stereocenters. The van der Waals surface area contributed by atoms with Crippen molar-refractivity contribution in [1.82, 2.24) is 5.32 Å². The van der Waals surface area contributed by atoms with Gasteiger partial charge in [0.05, 0.1) is 0 Å². The number of carbonyl (C=O) groups excluding carboxylic acids is 1. The van der Waals surface area contributed by atoms with E-state index in [1.165, 1.54) is 0 Å². The number of benzene rings is 1. The van der Waals surface area contributed by atoms with E-state index < -0.39 is 0 Å². The molecule has 94 valence electrons. The van der Waals surface area contributed by atoms with Crippen LogP contribution in [0.1, 0.15) is 12.0 Å². The molecule has 1 aromatic carbocycles. The maximum atomic E-state index is 11.2. The second-order valence-corrected chi connectivity index (χ2v) is 4.26. The molecule has 17 heavy (non-hydrogen) atoms. The zero-order valence-electron chi connectivity index (χ0n) is 10.2. The third-order valence-electron chi connectivity index (χ3n) is 2.63. The van der Waals surface area contributed by atoms with Crippen molar-refractivity contribution in [3.63, 3.8) is 0 Å². The number of amides is 1. The van der Waals surface area contributed by atoms with E-state index in [0.29, 0.717) is 24.5 Å². The van der Waals surface area contributed by atoms with E-state index in [1.54, 1.807) is 7.05 Å². The van der Waals surface area contributed by atoms with E-state index in [0.717, 1.165) is 11.3 Å². The van der Waals surface area contributed by atoms with E-state index in [-0.39, 0.29) is 5.91 Å². The molecule has 0 bridgehead atoms. The van der Waals surface area contributed by atoms with Crippen LogP contribution in [0.25, 0.3) is 0 Å². The van der Waals surface area contributed by atoms with Crippen molar-refractivity contribution in [2.75, 3.05) is 25.5 Å². The van der Waals surface area contributed by atoms with Gasteiger partial charge in [0.25, 0.3) is 0 Å². The van der Waals surface area contributed by atoms with Crippen LogP contribution in [0.15, 0.2) is 18.2 Å². The van der Waals surface area contributed by atoms with Gasteiger partial charge in [0.1, 0.15) is 0 Å². The molecule has 0 saturated heterocycles. The van der Waals surface area contributed by atoms with Crippen LogP contribution in [0.4, 0.5) is 5.69 Å². The Morgan fingerprint density at radius 3 is 2.82 bits per heavy atom. The SMILES string of the molecule is CNC(=O)CCN(C)c1ccc(Cl)cc1CN. The van der Waals surface area contributed by atoms with Gasteiger partial charge in [0, 0.05) is 44.3 Å². The number of hydrogen-bond donors (Lipinski definition) is 2. The highest BCUT2D eigenvalue weighted by Gasteiger charge is 2.08. The molecule has 0 radical (unpaired) electrons. The average Bonchev–Trinajstić information content (AvgIpc) is 2.35. The highest BCUT2D eigenvalue weighted by Crippen LogP contribution is 2.23. The van der Waals surface area contributed by atoms with Crippen LogP contribution in [0, 0.1) is 0 Å². The van der Waals surface area contributed by atoms with Crippen molar-refractivity contribution < 1.29 is 4.79 Å². The average molecular weight is 256 g/mol. The lowest BCUT2D eigenvalue weighted by Gasteiger charge is -2.22. The molecule has 0 aliphatic carbocycles. The first-order valence-corrected chi connectivity index (χ1v) is 5.86. The van der Waals surface area contributed by atoms with Gasteiger partial charge in [-0.05, 0) is 23.8 Å². The summed E-state index contributed by atoms with van der Waals surface area (Å²) >= 11 is 5.91. The Morgan fingerprint density at radius 2 is 2.24 bits per heavy atom. The lowest BCUT2D eigenvalue weighted by Crippen LogP contribution is -2.27. The minimum Gasteiger partial charge on any atom is -0.374 e. The summed E-state index contributed by atoms with van der Waals surface area (Å²) in [6, 6.07) is 5.61. The Labute approximate surface area is 107 Å². The third-order valence-corrected chi connectivity index (χ3v) is 2.86. The smallest absolute Gasteiger partial charge is 0.221 e. The minimum absolute atomic E-state index is 0.0279. The maximum Gasteiger partial charge on any atom is 0.221 e. The van der Waals surface area contributed by atoms with Crippen molar-refractivity contribution in [2.45, 2.75) is 13.0 Å². The van der Waals surface area contributed by atoms with Crippen LogP contribution in [-0.4, -0.2) is 26.5 Å². The Kier molecular flexibility index (Phi) is 5.25. The summed E-state index contributed by atoms with van der Waals surface area (Å²) in [4.78, 5) is 13.2. The van der Waals surface area contributed by atoms with E-state index >= 15 is 0 Å². The predicted octanol–water partition coefficient (Wildman–Crippen LogP) is 1.37. The lowest BCUT2D eigenvalue weighted by molar-refractivity contribution is -0.120. The number of carbonyl (C=O) groups is 1. The first-order chi connectivity index (χ1) is 8.08. The molecule has 0 saturated carbocycles.